The SMILES string of the molecule is O=C1CN(S(=O)(=O)C=Cc2ccc(Cl)s2)C(CO)CN1Cc1nccc2[nH]ccc12. The van der Waals surface area contributed by atoms with Crippen LogP contribution < -0.4 is 0 Å². The van der Waals surface area contributed by atoms with Gasteiger partial charge in [0.25, 0.3) is 0 Å². The standard InChI is InChI=1S/C19H19ClN4O4S2/c20-18-2-1-14(29-18)5-8-30(27,28)24-11-19(26)23(9-13(24)12-25)10-17-15-3-6-21-16(15)4-7-22-17/h1-8,13,21,25H,9-12H2. The van der Waals surface area contributed by atoms with E-state index in [0.717, 1.165) is 20.6 Å². The molecule has 1 fully saturated rings. The summed E-state index contributed by atoms with van der Waals surface area (Å²) >= 11 is 7.12. The van der Waals surface area contributed by atoms with Gasteiger partial charge in [0.2, 0.25) is 15.9 Å². The molecular weight excluding hydrogens is 448 g/mol. The monoisotopic (exact) mass is 466 g/mol. The number of aromatic amines is 1. The summed E-state index contributed by atoms with van der Waals surface area (Å²) in [6.07, 6.45) is 4.89. The molecule has 1 saturated heterocycles. The van der Waals surface area contributed by atoms with Crippen LogP contribution in [0.1, 0.15) is 10.6 Å². The van der Waals surface area contributed by atoms with E-state index in [1.54, 1.807) is 24.5 Å². The van der Waals surface area contributed by atoms with Crippen LogP contribution in [0.2, 0.25) is 4.34 Å². The molecule has 3 aromatic heterocycles. The highest BCUT2D eigenvalue weighted by atomic mass is 35.5. The number of nitrogens with zero attached hydrogens (tertiary/aromatic N) is 3. The number of thiophene rings is 1. The molecule has 2 N–H and O–H groups in total. The van der Waals surface area contributed by atoms with Gasteiger partial charge in [-0.1, -0.05) is 11.6 Å². The molecule has 0 bridgehead atoms. The van der Waals surface area contributed by atoms with Crippen molar-refractivity contribution in [2.24, 2.45) is 0 Å². The van der Waals surface area contributed by atoms with Crippen LogP contribution in [0.4, 0.5) is 0 Å². The summed E-state index contributed by atoms with van der Waals surface area (Å²) in [6, 6.07) is 6.37. The van der Waals surface area contributed by atoms with Crippen molar-refractivity contribution in [1.82, 2.24) is 19.2 Å². The third kappa shape index (κ3) is 4.28. The van der Waals surface area contributed by atoms with E-state index in [4.69, 9.17) is 11.6 Å². The maximum Gasteiger partial charge on any atom is 0.238 e. The number of aliphatic hydroxyl groups is 1. The molecule has 11 heteroatoms. The van der Waals surface area contributed by atoms with Crippen molar-refractivity contribution in [3.8, 4) is 0 Å². The minimum Gasteiger partial charge on any atom is -0.395 e. The van der Waals surface area contributed by atoms with E-state index in [1.165, 1.54) is 22.3 Å². The van der Waals surface area contributed by atoms with Crippen molar-refractivity contribution in [1.29, 1.82) is 0 Å². The Hall–Kier alpha value is -2.24. The number of hydrogen-bond acceptors (Lipinski definition) is 6. The Morgan fingerprint density at radius 3 is 2.90 bits per heavy atom. The number of amides is 1. The van der Waals surface area contributed by atoms with Gasteiger partial charge in [-0.25, -0.2) is 8.42 Å². The summed E-state index contributed by atoms with van der Waals surface area (Å²) < 4.78 is 27.2. The molecule has 0 aromatic carbocycles. The zero-order valence-corrected chi connectivity index (χ0v) is 18.1. The fourth-order valence-corrected chi connectivity index (χ4v) is 5.77. The lowest BCUT2D eigenvalue weighted by Gasteiger charge is -2.38. The molecule has 1 amide bonds. The van der Waals surface area contributed by atoms with E-state index in [2.05, 4.69) is 9.97 Å². The molecule has 1 unspecified atom stereocenters. The predicted octanol–water partition coefficient (Wildman–Crippen LogP) is 2.28. The summed E-state index contributed by atoms with van der Waals surface area (Å²) in [5, 5.41) is 11.8. The molecular formula is C19H19ClN4O4S2. The number of carbonyl (C=O) groups excluding carboxylic acids is 1. The van der Waals surface area contributed by atoms with E-state index in [1.807, 2.05) is 12.1 Å². The minimum absolute atomic E-state index is 0.0791. The summed E-state index contributed by atoms with van der Waals surface area (Å²) in [5.41, 5.74) is 1.62. The fourth-order valence-electron chi connectivity index (χ4n) is 3.41. The highest BCUT2D eigenvalue weighted by molar-refractivity contribution is 7.92. The van der Waals surface area contributed by atoms with E-state index in [0.29, 0.717) is 14.9 Å². The van der Waals surface area contributed by atoms with Gasteiger partial charge < -0.3 is 15.0 Å². The average Bonchev–Trinajstić information content (AvgIpc) is 3.37. The van der Waals surface area contributed by atoms with Crippen molar-refractivity contribution in [3.05, 3.63) is 57.0 Å². The fraction of sp³-hybridized carbons (Fsp3) is 0.263. The van der Waals surface area contributed by atoms with Crippen molar-refractivity contribution in [2.75, 3.05) is 19.7 Å². The number of H-pyrrole nitrogens is 1. The van der Waals surface area contributed by atoms with Gasteiger partial charge in [0, 0.05) is 40.1 Å². The minimum atomic E-state index is -3.90. The first-order valence-electron chi connectivity index (χ1n) is 9.12. The Morgan fingerprint density at radius 1 is 1.33 bits per heavy atom. The van der Waals surface area contributed by atoms with E-state index in [-0.39, 0.29) is 25.5 Å². The lowest BCUT2D eigenvalue weighted by molar-refractivity contribution is -0.137. The third-order valence-corrected chi connectivity index (χ3v) is 7.68. The second kappa shape index (κ2) is 8.48. The number of halogens is 1. The quantitative estimate of drug-likeness (QED) is 0.579. The number of aliphatic hydroxyl groups excluding tert-OH is 1. The Labute approximate surface area is 182 Å². The topological polar surface area (TPSA) is 107 Å². The molecule has 0 saturated carbocycles. The van der Waals surface area contributed by atoms with Crippen LogP contribution in [0.3, 0.4) is 0 Å². The number of pyridine rings is 1. The third-order valence-electron chi connectivity index (χ3n) is 4.92. The van der Waals surface area contributed by atoms with E-state index < -0.39 is 22.7 Å². The Morgan fingerprint density at radius 2 is 2.17 bits per heavy atom. The zero-order chi connectivity index (χ0) is 21.3. The van der Waals surface area contributed by atoms with Gasteiger partial charge in [-0.2, -0.15) is 4.31 Å². The van der Waals surface area contributed by atoms with Gasteiger partial charge >= 0.3 is 0 Å². The van der Waals surface area contributed by atoms with Crippen LogP contribution in [-0.2, 0) is 21.4 Å². The first-order valence-corrected chi connectivity index (χ1v) is 11.8. The van der Waals surface area contributed by atoms with Crippen LogP contribution >= 0.6 is 22.9 Å². The Bertz CT molecular complexity index is 1200. The van der Waals surface area contributed by atoms with Crippen LogP contribution in [0.25, 0.3) is 17.0 Å². The first kappa shape index (κ1) is 21.0. The molecule has 3 aromatic rings. The van der Waals surface area contributed by atoms with E-state index in [9.17, 15) is 18.3 Å². The molecule has 8 nitrogen and oxygen atoms in total. The largest absolute Gasteiger partial charge is 0.395 e. The number of hydrogen-bond donors (Lipinski definition) is 2. The van der Waals surface area contributed by atoms with Crippen LogP contribution in [0, 0.1) is 0 Å². The smallest absolute Gasteiger partial charge is 0.238 e. The summed E-state index contributed by atoms with van der Waals surface area (Å²) in [5.74, 6) is -0.342. The summed E-state index contributed by atoms with van der Waals surface area (Å²) in [4.78, 5) is 22.4. The second-order valence-corrected chi connectivity index (χ2v) is 10.4. The number of sulfonamides is 1. The van der Waals surface area contributed by atoms with Gasteiger partial charge in [-0.3, -0.25) is 9.78 Å². The molecule has 0 radical (unpaired) electrons. The molecule has 0 spiro atoms. The van der Waals surface area contributed by atoms with Crippen LogP contribution in [0.5, 0.6) is 0 Å². The molecule has 1 aliphatic heterocycles. The van der Waals surface area contributed by atoms with Gasteiger partial charge in [0.15, 0.2) is 0 Å². The normalized spacial score (nSPS) is 18.7. The number of fused-ring (bicyclic) bond motifs is 1. The Balaban J connectivity index is 1.52. The molecule has 4 heterocycles. The van der Waals surface area contributed by atoms with Crippen LogP contribution in [-0.4, -0.2) is 64.3 Å². The Kier molecular flexibility index (Phi) is 5.94. The number of aromatic nitrogens is 2. The van der Waals surface area contributed by atoms with Gasteiger partial charge in [0.1, 0.15) is 0 Å². The van der Waals surface area contributed by atoms with E-state index >= 15 is 0 Å². The van der Waals surface area contributed by atoms with Crippen LogP contribution in [0.15, 0.2) is 42.1 Å². The molecule has 1 aliphatic rings. The van der Waals surface area contributed by atoms with Gasteiger partial charge in [-0.05, 0) is 30.3 Å². The summed E-state index contributed by atoms with van der Waals surface area (Å²) in [6.45, 7) is -0.423. The van der Waals surface area contributed by atoms with Crippen molar-refractivity contribution in [3.63, 3.8) is 0 Å². The lowest BCUT2D eigenvalue weighted by atomic mass is 10.1. The van der Waals surface area contributed by atoms with Crippen molar-refractivity contribution >= 4 is 55.8 Å². The second-order valence-electron chi connectivity index (χ2n) is 6.84. The summed E-state index contributed by atoms with van der Waals surface area (Å²) in [7, 11) is -3.90. The molecule has 0 aliphatic carbocycles. The highest BCUT2D eigenvalue weighted by Crippen LogP contribution is 2.25. The number of nitrogens with one attached hydrogen (secondary N) is 1. The predicted molar refractivity (Wildman–Crippen MR) is 116 cm³/mol. The highest BCUT2D eigenvalue weighted by Gasteiger charge is 2.38. The maximum absolute atomic E-state index is 12.8. The number of piperazine rings is 1. The van der Waals surface area contributed by atoms with Crippen molar-refractivity contribution in [2.45, 2.75) is 12.6 Å². The lowest BCUT2D eigenvalue weighted by Crippen LogP contribution is -2.58. The molecule has 158 valence electrons. The zero-order valence-electron chi connectivity index (χ0n) is 15.7. The maximum atomic E-state index is 12.8. The first-order chi connectivity index (χ1) is 14.4. The average molecular weight is 467 g/mol. The molecule has 1 atom stereocenters. The van der Waals surface area contributed by atoms with Gasteiger partial charge in [-0.15, -0.1) is 11.3 Å². The number of rotatable bonds is 6. The van der Waals surface area contributed by atoms with Crippen molar-refractivity contribution < 1.29 is 18.3 Å². The molecule has 4 rings (SSSR count). The number of carbonyl (C=O) groups is 1. The van der Waals surface area contributed by atoms with Gasteiger partial charge in [0.05, 0.1) is 35.8 Å². The molecule has 30 heavy (non-hydrogen) atoms.